The smallest absolute Gasteiger partial charge is 0.264 e. The van der Waals surface area contributed by atoms with Crippen molar-refractivity contribution in [3.05, 3.63) is 105 Å². The summed E-state index contributed by atoms with van der Waals surface area (Å²) in [6.45, 7) is 7.62. The summed E-state index contributed by atoms with van der Waals surface area (Å²) in [5.74, 6) is 0. The maximum Gasteiger partial charge on any atom is 0.264 e. The lowest BCUT2D eigenvalue weighted by Gasteiger charge is -2.26. The number of anilines is 1. The van der Waals surface area contributed by atoms with Crippen LogP contribution in [0.4, 0.5) is 5.69 Å². The Kier molecular flexibility index (Phi) is 5.65. The average Bonchev–Trinajstić information content (AvgIpc) is 2.74. The minimum Gasteiger partial charge on any atom is -0.321 e. The van der Waals surface area contributed by atoms with Gasteiger partial charge in [0.25, 0.3) is 15.6 Å². The standard InChI is InChI=1S/C26H26N2O3S/c1-17-8-11-23(12-9-17)32(30,31)28(24-13-10-18(2)14-20(24)4)16-22-15-21-7-5-6-19(3)25(21)27-26(22)29/h5-15H,16H2,1-4H3,(H,27,29). The van der Waals surface area contributed by atoms with E-state index >= 15 is 0 Å². The van der Waals surface area contributed by atoms with E-state index in [2.05, 4.69) is 4.98 Å². The van der Waals surface area contributed by atoms with Crippen molar-refractivity contribution >= 4 is 26.6 Å². The summed E-state index contributed by atoms with van der Waals surface area (Å²) in [7, 11) is -3.90. The molecule has 0 bridgehead atoms. The number of benzene rings is 3. The minimum atomic E-state index is -3.90. The molecule has 0 atom stereocenters. The first kappa shape index (κ1) is 21.8. The fraction of sp³-hybridized carbons (Fsp3) is 0.192. The highest BCUT2D eigenvalue weighted by Gasteiger charge is 2.27. The number of hydrogen-bond donors (Lipinski definition) is 1. The van der Waals surface area contributed by atoms with Crippen molar-refractivity contribution < 1.29 is 8.42 Å². The van der Waals surface area contributed by atoms with Crippen LogP contribution in [0.1, 0.15) is 27.8 Å². The van der Waals surface area contributed by atoms with Gasteiger partial charge >= 0.3 is 0 Å². The van der Waals surface area contributed by atoms with Crippen molar-refractivity contribution in [3.63, 3.8) is 0 Å². The molecule has 3 aromatic carbocycles. The third-order valence-electron chi connectivity index (χ3n) is 5.71. The van der Waals surface area contributed by atoms with E-state index < -0.39 is 10.0 Å². The number of nitrogens with zero attached hydrogens (tertiary/aromatic N) is 1. The van der Waals surface area contributed by atoms with Gasteiger partial charge in [0.1, 0.15) is 0 Å². The van der Waals surface area contributed by atoms with E-state index in [0.717, 1.165) is 33.2 Å². The Morgan fingerprint density at radius 2 is 1.50 bits per heavy atom. The number of nitrogens with one attached hydrogen (secondary N) is 1. The second-order valence-electron chi connectivity index (χ2n) is 8.28. The van der Waals surface area contributed by atoms with Crippen molar-refractivity contribution in [2.45, 2.75) is 39.1 Å². The number of hydrogen-bond acceptors (Lipinski definition) is 3. The molecule has 4 rings (SSSR count). The topological polar surface area (TPSA) is 70.2 Å². The van der Waals surface area contributed by atoms with Crippen LogP contribution in [-0.2, 0) is 16.6 Å². The Balaban J connectivity index is 1.89. The fourth-order valence-corrected chi connectivity index (χ4v) is 5.43. The van der Waals surface area contributed by atoms with Gasteiger partial charge in [-0.15, -0.1) is 0 Å². The summed E-state index contributed by atoms with van der Waals surface area (Å²) < 4.78 is 28.8. The van der Waals surface area contributed by atoms with Crippen LogP contribution in [0.2, 0.25) is 0 Å². The van der Waals surface area contributed by atoms with E-state index in [4.69, 9.17) is 0 Å². The highest BCUT2D eigenvalue weighted by molar-refractivity contribution is 7.92. The van der Waals surface area contributed by atoms with Crippen LogP contribution < -0.4 is 9.86 Å². The SMILES string of the molecule is Cc1ccc(S(=O)(=O)N(Cc2cc3cccc(C)c3[nH]c2=O)c2ccc(C)cc2C)cc1. The fourth-order valence-electron chi connectivity index (χ4n) is 3.92. The van der Waals surface area contributed by atoms with E-state index in [1.165, 1.54) is 4.31 Å². The quantitative estimate of drug-likeness (QED) is 0.460. The lowest BCUT2D eigenvalue weighted by Crippen LogP contribution is -2.33. The maximum atomic E-state index is 13.7. The van der Waals surface area contributed by atoms with Crippen molar-refractivity contribution in [2.24, 2.45) is 0 Å². The molecule has 4 aromatic rings. The van der Waals surface area contributed by atoms with E-state index in [9.17, 15) is 13.2 Å². The molecule has 0 radical (unpaired) electrons. The highest BCUT2D eigenvalue weighted by Crippen LogP contribution is 2.29. The molecule has 0 aliphatic heterocycles. The number of sulfonamides is 1. The number of rotatable bonds is 5. The van der Waals surface area contributed by atoms with Crippen molar-refractivity contribution in [3.8, 4) is 0 Å². The molecule has 0 aliphatic carbocycles. The first-order chi connectivity index (χ1) is 15.2. The minimum absolute atomic E-state index is 0.0701. The average molecular weight is 447 g/mol. The number of aromatic amines is 1. The molecular weight excluding hydrogens is 420 g/mol. The molecule has 32 heavy (non-hydrogen) atoms. The molecular formula is C26H26N2O3S. The lowest BCUT2D eigenvalue weighted by atomic mass is 10.1. The molecule has 0 amide bonds. The second kappa shape index (κ2) is 8.28. The number of fused-ring (bicyclic) bond motifs is 1. The predicted molar refractivity (Wildman–Crippen MR) is 130 cm³/mol. The van der Waals surface area contributed by atoms with Gasteiger partial charge in [-0.2, -0.15) is 0 Å². The highest BCUT2D eigenvalue weighted by atomic mass is 32.2. The van der Waals surface area contributed by atoms with Crippen LogP contribution in [0.5, 0.6) is 0 Å². The summed E-state index contributed by atoms with van der Waals surface area (Å²) >= 11 is 0. The van der Waals surface area contributed by atoms with Gasteiger partial charge in [0.05, 0.1) is 22.6 Å². The summed E-state index contributed by atoms with van der Waals surface area (Å²) in [4.78, 5) is 16.0. The Morgan fingerprint density at radius 3 is 2.19 bits per heavy atom. The number of pyridine rings is 1. The number of H-pyrrole nitrogens is 1. The van der Waals surface area contributed by atoms with Crippen LogP contribution in [0.15, 0.2) is 76.4 Å². The lowest BCUT2D eigenvalue weighted by molar-refractivity contribution is 0.590. The van der Waals surface area contributed by atoms with Crippen molar-refractivity contribution in [2.75, 3.05) is 4.31 Å². The van der Waals surface area contributed by atoms with Gasteiger partial charge in [-0.05, 0) is 68.5 Å². The molecule has 0 aliphatic rings. The Morgan fingerprint density at radius 1 is 0.812 bits per heavy atom. The van der Waals surface area contributed by atoms with Crippen molar-refractivity contribution in [1.82, 2.24) is 4.98 Å². The molecule has 164 valence electrons. The van der Waals surface area contributed by atoms with Crippen LogP contribution in [0.25, 0.3) is 10.9 Å². The molecule has 1 N–H and O–H groups in total. The summed E-state index contributed by atoms with van der Waals surface area (Å²) in [6.07, 6.45) is 0. The number of aryl methyl sites for hydroxylation is 4. The van der Waals surface area contributed by atoms with Gasteiger partial charge in [0, 0.05) is 5.56 Å². The summed E-state index contributed by atoms with van der Waals surface area (Å²) in [5.41, 5.74) is 5.22. The third kappa shape index (κ3) is 4.06. The number of para-hydroxylation sites is 1. The van der Waals surface area contributed by atoms with Crippen molar-refractivity contribution in [1.29, 1.82) is 0 Å². The Labute approximate surface area is 188 Å². The predicted octanol–water partition coefficient (Wildman–Crippen LogP) is 5.16. The van der Waals surface area contributed by atoms with E-state index in [-0.39, 0.29) is 17.0 Å². The summed E-state index contributed by atoms with van der Waals surface area (Å²) in [5, 5.41) is 0.868. The molecule has 1 heterocycles. The van der Waals surface area contributed by atoms with Crippen LogP contribution in [0.3, 0.4) is 0 Å². The zero-order valence-electron chi connectivity index (χ0n) is 18.6. The van der Waals surface area contributed by atoms with Gasteiger partial charge in [0.15, 0.2) is 0 Å². The largest absolute Gasteiger partial charge is 0.321 e. The normalized spacial score (nSPS) is 11.6. The van der Waals surface area contributed by atoms with Gasteiger partial charge in [-0.25, -0.2) is 8.42 Å². The first-order valence-corrected chi connectivity index (χ1v) is 11.9. The zero-order chi connectivity index (χ0) is 23.0. The molecule has 0 saturated heterocycles. The van der Waals surface area contributed by atoms with Crippen LogP contribution in [-0.4, -0.2) is 13.4 Å². The summed E-state index contributed by atoms with van der Waals surface area (Å²) in [6, 6.07) is 19.9. The first-order valence-electron chi connectivity index (χ1n) is 10.4. The molecule has 0 saturated carbocycles. The van der Waals surface area contributed by atoms with E-state index in [1.807, 2.05) is 58.0 Å². The molecule has 0 unspecified atom stereocenters. The van der Waals surface area contributed by atoms with Gasteiger partial charge < -0.3 is 4.98 Å². The second-order valence-corrected chi connectivity index (χ2v) is 10.1. The molecule has 5 nitrogen and oxygen atoms in total. The zero-order valence-corrected chi connectivity index (χ0v) is 19.5. The van der Waals surface area contributed by atoms with Crippen LogP contribution >= 0.6 is 0 Å². The molecule has 0 spiro atoms. The third-order valence-corrected chi connectivity index (χ3v) is 7.48. The number of aromatic nitrogens is 1. The van der Waals surface area contributed by atoms with E-state index in [0.29, 0.717) is 11.3 Å². The Hall–Kier alpha value is -3.38. The van der Waals surface area contributed by atoms with Gasteiger partial charge in [-0.3, -0.25) is 9.10 Å². The van der Waals surface area contributed by atoms with Gasteiger partial charge in [0.2, 0.25) is 0 Å². The molecule has 0 fully saturated rings. The van der Waals surface area contributed by atoms with Crippen LogP contribution in [0, 0.1) is 27.7 Å². The van der Waals surface area contributed by atoms with E-state index in [1.54, 1.807) is 36.4 Å². The Bertz CT molecular complexity index is 1470. The molecule has 1 aromatic heterocycles. The van der Waals surface area contributed by atoms with Gasteiger partial charge in [-0.1, -0.05) is 53.6 Å². The molecule has 6 heteroatoms. The maximum absolute atomic E-state index is 13.7. The monoisotopic (exact) mass is 446 g/mol.